The highest BCUT2D eigenvalue weighted by molar-refractivity contribution is 5.82. The van der Waals surface area contributed by atoms with E-state index in [-0.39, 0.29) is 12.3 Å². The summed E-state index contributed by atoms with van der Waals surface area (Å²) in [7, 11) is 0. The van der Waals surface area contributed by atoms with Gasteiger partial charge in [0.1, 0.15) is 17.8 Å². The standard InChI is InChI=1S/C16H24FN5O2/c17-12-9-13(16(23)20-5-7-24-8-6-20)21(10-12)11-15-19-18-14-3-1-2-4-22(14)15/h12-13H,1-11H2/t12-,13+/m1/s1. The molecule has 7 nitrogen and oxygen atoms in total. The van der Waals surface area contributed by atoms with Crippen molar-refractivity contribution in [3.63, 3.8) is 0 Å². The van der Waals surface area contributed by atoms with Crippen LogP contribution in [0.2, 0.25) is 0 Å². The fourth-order valence-corrected chi connectivity index (χ4v) is 3.94. The van der Waals surface area contributed by atoms with E-state index in [0.717, 1.165) is 37.5 Å². The molecule has 0 N–H and O–H groups in total. The molecule has 3 aliphatic heterocycles. The molecular formula is C16H24FN5O2. The molecule has 1 aromatic heterocycles. The van der Waals surface area contributed by atoms with Crippen LogP contribution in [0.15, 0.2) is 0 Å². The highest BCUT2D eigenvalue weighted by Gasteiger charge is 2.40. The lowest BCUT2D eigenvalue weighted by Crippen LogP contribution is -2.49. The third-order valence-electron chi connectivity index (χ3n) is 5.24. The number of fused-ring (bicyclic) bond motifs is 1. The van der Waals surface area contributed by atoms with Crippen LogP contribution in [0.25, 0.3) is 0 Å². The molecule has 4 heterocycles. The Balaban J connectivity index is 1.48. The number of alkyl halides is 1. The average Bonchev–Trinajstić information content (AvgIpc) is 3.19. The van der Waals surface area contributed by atoms with E-state index in [1.54, 1.807) is 4.90 Å². The number of carbonyl (C=O) groups is 1. The van der Waals surface area contributed by atoms with Gasteiger partial charge in [-0.05, 0) is 12.8 Å². The van der Waals surface area contributed by atoms with Crippen molar-refractivity contribution >= 4 is 5.91 Å². The van der Waals surface area contributed by atoms with E-state index >= 15 is 0 Å². The largest absolute Gasteiger partial charge is 0.378 e. The molecule has 0 radical (unpaired) electrons. The average molecular weight is 337 g/mol. The van der Waals surface area contributed by atoms with Gasteiger partial charge in [-0.1, -0.05) is 0 Å². The molecule has 4 rings (SSSR count). The molecule has 0 unspecified atom stereocenters. The first kappa shape index (κ1) is 16.0. The van der Waals surface area contributed by atoms with E-state index in [1.807, 2.05) is 4.90 Å². The van der Waals surface area contributed by atoms with Crippen LogP contribution in [-0.2, 0) is 29.0 Å². The summed E-state index contributed by atoms with van der Waals surface area (Å²) in [5.41, 5.74) is 0. The molecule has 0 aliphatic carbocycles. The number of hydrogen-bond donors (Lipinski definition) is 0. The summed E-state index contributed by atoms with van der Waals surface area (Å²) in [5, 5.41) is 8.55. The van der Waals surface area contributed by atoms with Crippen LogP contribution in [-0.4, -0.2) is 75.5 Å². The van der Waals surface area contributed by atoms with Gasteiger partial charge in [0.15, 0.2) is 0 Å². The van der Waals surface area contributed by atoms with Gasteiger partial charge in [-0.2, -0.15) is 0 Å². The summed E-state index contributed by atoms with van der Waals surface area (Å²) in [5.74, 6) is 1.90. The minimum absolute atomic E-state index is 0.0248. The normalized spacial score (nSPS) is 28.1. The lowest BCUT2D eigenvalue weighted by Gasteiger charge is -2.32. The number of likely N-dealkylation sites (tertiary alicyclic amines) is 1. The number of carbonyl (C=O) groups excluding carboxylic acids is 1. The highest BCUT2D eigenvalue weighted by Crippen LogP contribution is 2.25. The Morgan fingerprint density at radius 1 is 1.21 bits per heavy atom. The molecule has 0 aromatic carbocycles. The first-order chi connectivity index (χ1) is 11.7. The van der Waals surface area contributed by atoms with Gasteiger partial charge in [-0.3, -0.25) is 9.69 Å². The van der Waals surface area contributed by atoms with Crippen molar-refractivity contribution in [2.45, 2.75) is 51.0 Å². The van der Waals surface area contributed by atoms with Gasteiger partial charge in [0.2, 0.25) is 5.91 Å². The summed E-state index contributed by atoms with van der Waals surface area (Å²) in [6, 6.07) is -0.394. The van der Waals surface area contributed by atoms with Crippen LogP contribution in [0.5, 0.6) is 0 Å². The number of aromatic nitrogens is 3. The maximum absolute atomic E-state index is 14.0. The van der Waals surface area contributed by atoms with Gasteiger partial charge in [0, 0.05) is 39.0 Å². The Labute approximate surface area is 140 Å². The second-order valence-corrected chi connectivity index (χ2v) is 6.86. The highest BCUT2D eigenvalue weighted by atomic mass is 19.1. The lowest BCUT2D eigenvalue weighted by molar-refractivity contribution is -0.140. The van der Waals surface area contributed by atoms with E-state index in [0.29, 0.717) is 39.4 Å². The number of halogens is 1. The van der Waals surface area contributed by atoms with Crippen LogP contribution < -0.4 is 0 Å². The van der Waals surface area contributed by atoms with Crippen molar-refractivity contribution in [2.24, 2.45) is 0 Å². The smallest absolute Gasteiger partial charge is 0.240 e. The maximum Gasteiger partial charge on any atom is 0.240 e. The van der Waals surface area contributed by atoms with Crippen LogP contribution >= 0.6 is 0 Å². The molecule has 132 valence electrons. The first-order valence-corrected chi connectivity index (χ1v) is 8.88. The molecule has 2 saturated heterocycles. The van der Waals surface area contributed by atoms with Gasteiger partial charge in [-0.15, -0.1) is 10.2 Å². The zero-order valence-corrected chi connectivity index (χ0v) is 13.9. The third-order valence-corrected chi connectivity index (χ3v) is 5.24. The Morgan fingerprint density at radius 2 is 2.04 bits per heavy atom. The molecule has 1 aromatic rings. The zero-order valence-electron chi connectivity index (χ0n) is 13.9. The summed E-state index contributed by atoms with van der Waals surface area (Å²) in [4.78, 5) is 16.5. The Morgan fingerprint density at radius 3 is 2.88 bits per heavy atom. The molecule has 0 spiro atoms. The van der Waals surface area contributed by atoms with Crippen molar-refractivity contribution in [1.29, 1.82) is 0 Å². The lowest BCUT2D eigenvalue weighted by atomic mass is 10.1. The summed E-state index contributed by atoms with van der Waals surface area (Å²) in [6.07, 6.45) is 2.54. The quantitative estimate of drug-likeness (QED) is 0.798. The predicted octanol–water partition coefficient (Wildman–Crippen LogP) is 0.386. The van der Waals surface area contributed by atoms with Gasteiger partial charge >= 0.3 is 0 Å². The third kappa shape index (κ3) is 3.04. The molecule has 2 fully saturated rings. The Bertz CT molecular complexity index is 601. The Hall–Kier alpha value is -1.54. The minimum Gasteiger partial charge on any atom is -0.378 e. The van der Waals surface area contributed by atoms with E-state index in [1.165, 1.54) is 0 Å². The van der Waals surface area contributed by atoms with Gasteiger partial charge < -0.3 is 14.2 Å². The van der Waals surface area contributed by atoms with Crippen LogP contribution in [0.4, 0.5) is 4.39 Å². The number of rotatable bonds is 3. The van der Waals surface area contributed by atoms with E-state index in [9.17, 15) is 9.18 Å². The molecule has 8 heteroatoms. The fraction of sp³-hybridized carbons (Fsp3) is 0.812. The number of aryl methyl sites for hydroxylation is 1. The number of morpholine rings is 1. The molecule has 0 saturated carbocycles. The van der Waals surface area contributed by atoms with Crippen molar-refractivity contribution < 1.29 is 13.9 Å². The second-order valence-electron chi connectivity index (χ2n) is 6.86. The molecule has 0 bridgehead atoms. The van der Waals surface area contributed by atoms with Gasteiger partial charge in [-0.25, -0.2) is 4.39 Å². The van der Waals surface area contributed by atoms with Gasteiger partial charge in [0.25, 0.3) is 0 Å². The van der Waals surface area contributed by atoms with Crippen LogP contribution in [0.3, 0.4) is 0 Å². The number of hydrogen-bond acceptors (Lipinski definition) is 5. The molecular weight excluding hydrogens is 313 g/mol. The predicted molar refractivity (Wildman–Crippen MR) is 84.1 cm³/mol. The van der Waals surface area contributed by atoms with Crippen molar-refractivity contribution in [2.75, 3.05) is 32.8 Å². The monoisotopic (exact) mass is 337 g/mol. The van der Waals surface area contributed by atoms with Crippen LogP contribution in [0, 0.1) is 0 Å². The Kier molecular flexibility index (Phi) is 4.49. The molecule has 2 atom stereocenters. The van der Waals surface area contributed by atoms with Crippen LogP contribution in [0.1, 0.15) is 30.9 Å². The number of nitrogens with zero attached hydrogens (tertiary/aromatic N) is 5. The summed E-state index contributed by atoms with van der Waals surface area (Å²) < 4.78 is 21.5. The van der Waals surface area contributed by atoms with Crippen molar-refractivity contribution in [3.8, 4) is 0 Å². The van der Waals surface area contributed by atoms with E-state index in [4.69, 9.17) is 4.74 Å². The van der Waals surface area contributed by atoms with E-state index in [2.05, 4.69) is 14.8 Å². The van der Waals surface area contributed by atoms with Crippen molar-refractivity contribution in [3.05, 3.63) is 11.6 Å². The summed E-state index contributed by atoms with van der Waals surface area (Å²) >= 11 is 0. The maximum atomic E-state index is 14.0. The van der Waals surface area contributed by atoms with E-state index < -0.39 is 12.2 Å². The minimum atomic E-state index is -0.955. The topological polar surface area (TPSA) is 63.5 Å². The number of ether oxygens (including phenoxy) is 1. The molecule has 3 aliphatic rings. The fourth-order valence-electron chi connectivity index (χ4n) is 3.94. The van der Waals surface area contributed by atoms with Crippen molar-refractivity contribution in [1.82, 2.24) is 24.6 Å². The first-order valence-electron chi connectivity index (χ1n) is 8.88. The number of amides is 1. The van der Waals surface area contributed by atoms with Gasteiger partial charge in [0.05, 0.1) is 25.8 Å². The SMILES string of the molecule is O=C([C@@H]1C[C@@H](F)CN1Cc1nnc2n1CCCC2)N1CCOCC1. The second kappa shape index (κ2) is 6.76. The molecule has 1 amide bonds. The summed E-state index contributed by atoms with van der Waals surface area (Å²) in [6.45, 7) is 4.04. The zero-order chi connectivity index (χ0) is 16.5. The molecule has 24 heavy (non-hydrogen) atoms.